The molecule has 2 fully saturated rings. The standard InChI is InChI=1S/C33H27N3O5/c37-32-30(20-23-8-12-27(13-9-23)35(38)39)33(31(32)21-24-10-14-28(15-11-24)36(40)41)16-18-34(19-17-33)22-26-6-3-5-25-4-1-2-7-29(25)26/h1-15,20-21H,16-19,22H2/b30-20-,31-21-. The number of non-ortho nitro benzene ring substituents is 2. The Labute approximate surface area is 236 Å². The molecule has 1 heterocycles. The molecule has 0 aromatic heterocycles. The Balaban J connectivity index is 1.30. The number of nitro groups is 2. The van der Waals surface area contributed by atoms with E-state index in [9.17, 15) is 25.0 Å². The number of benzene rings is 4. The predicted octanol–water partition coefficient (Wildman–Crippen LogP) is 6.99. The van der Waals surface area contributed by atoms with Crippen molar-refractivity contribution in [3.05, 3.63) is 139 Å². The third-order valence-corrected chi connectivity index (χ3v) is 8.33. The minimum Gasteiger partial charge on any atom is -0.299 e. The first kappa shape index (κ1) is 26.3. The molecule has 4 aromatic rings. The zero-order valence-corrected chi connectivity index (χ0v) is 22.2. The second-order valence-corrected chi connectivity index (χ2v) is 10.6. The minimum atomic E-state index is -0.449. The van der Waals surface area contributed by atoms with E-state index in [0.717, 1.165) is 43.6 Å². The number of hydrogen-bond donors (Lipinski definition) is 0. The van der Waals surface area contributed by atoms with E-state index in [4.69, 9.17) is 0 Å². The molecule has 8 heteroatoms. The van der Waals surface area contributed by atoms with E-state index in [-0.39, 0.29) is 17.2 Å². The van der Waals surface area contributed by atoms with Crippen molar-refractivity contribution in [2.24, 2.45) is 5.41 Å². The first-order chi connectivity index (χ1) is 19.8. The second kappa shape index (κ2) is 10.6. The molecule has 0 N–H and O–H groups in total. The van der Waals surface area contributed by atoms with Gasteiger partial charge in [0.15, 0.2) is 5.78 Å². The molecule has 1 aliphatic heterocycles. The number of rotatable bonds is 6. The lowest BCUT2D eigenvalue weighted by Gasteiger charge is -2.51. The van der Waals surface area contributed by atoms with Gasteiger partial charge in [0.2, 0.25) is 0 Å². The summed E-state index contributed by atoms with van der Waals surface area (Å²) in [5.74, 6) is -0.0517. The summed E-state index contributed by atoms with van der Waals surface area (Å²) in [5, 5.41) is 24.6. The van der Waals surface area contributed by atoms with Crippen molar-refractivity contribution in [3.8, 4) is 0 Å². The van der Waals surface area contributed by atoms with Gasteiger partial charge in [-0.2, -0.15) is 0 Å². The average molecular weight is 546 g/mol. The monoisotopic (exact) mass is 545 g/mol. The highest BCUT2D eigenvalue weighted by molar-refractivity contribution is 6.23. The predicted molar refractivity (Wildman–Crippen MR) is 158 cm³/mol. The van der Waals surface area contributed by atoms with Crippen LogP contribution in [0, 0.1) is 25.6 Å². The van der Waals surface area contributed by atoms with E-state index in [1.807, 2.05) is 18.2 Å². The number of piperidine rings is 1. The van der Waals surface area contributed by atoms with Gasteiger partial charge < -0.3 is 0 Å². The molecule has 204 valence electrons. The van der Waals surface area contributed by atoms with E-state index < -0.39 is 15.3 Å². The molecule has 1 saturated carbocycles. The van der Waals surface area contributed by atoms with Crippen molar-refractivity contribution in [2.45, 2.75) is 19.4 Å². The summed E-state index contributed by atoms with van der Waals surface area (Å²) in [5.41, 5.74) is 3.73. The second-order valence-electron chi connectivity index (χ2n) is 10.6. The number of Topliss-reactive ketones (excluding diaryl/α,β-unsaturated/α-hetero) is 1. The third kappa shape index (κ3) is 4.94. The maximum Gasteiger partial charge on any atom is 0.269 e. The fraction of sp³-hybridized carbons (Fsp3) is 0.182. The molecule has 1 spiro atoms. The summed E-state index contributed by atoms with van der Waals surface area (Å²) < 4.78 is 0. The normalized spacial score (nSPS) is 18.6. The van der Waals surface area contributed by atoms with E-state index >= 15 is 0 Å². The van der Waals surface area contributed by atoms with Gasteiger partial charge >= 0.3 is 0 Å². The lowest BCUT2D eigenvalue weighted by molar-refractivity contribution is -0.385. The third-order valence-electron chi connectivity index (χ3n) is 8.33. The van der Waals surface area contributed by atoms with E-state index in [0.29, 0.717) is 11.1 Å². The van der Waals surface area contributed by atoms with E-state index in [1.54, 1.807) is 24.3 Å². The summed E-state index contributed by atoms with van der Waals surface area (Å²) in [6.07, 6.45) is 5.22. The van der Waals surface area contributed by atoms with Crippen LogP contribution >= 0.6 is 0 Å². The number of carbonyl (C=O) groups is 1. The Kier molecular flexibility index (Phi) is 6.77. The molecule has 8 nitrogen and oxygen atoms in total. The van der Waals surface area contributed by atoms with Crippen LogP contribution < -0.4 is 0 Å². The Morgan fingerprint density at radius 1 is 0.707 bits per heavy atom. The van der Waals surface area contributed by atoms with Crippen LogP contribution in [0.3, 0.4) is 0 Å². The molecule has 0 atom stereocenters. The largest absolute Gasteiger partial charge is 0.299 e. The summed E-state index contributed by atoms with van der Waals surface area (Å²) in [7, 11) is 0. The fourth-order valence-electron chi connectivity index (χ4n) is 6.09. The van der Waals surface area contributed by atoms with Crippen molar-refractivity contribution in [1.29, 1.82) is 0 Å². The highest BCUT2D eigenvalue weighted by Gasteiger charge is 2.54. The number of fused-ring (bicyclic) bond motifs is 1. The topological polar surface area (TPSA) is 107 Å². The molecule has 6 rings (SSSR count). The van der Waals surface area contributed by atoms with E-state index in [1.165, 1.54) is 40.6 Å². The number of allylic oxidation sites excluding steroid dienone is 2. The number of nitro benzene ring substituents is 2. The van der Waals surface area contributed by atoms with Gasteiger partial charge in [-0.1, -0.05) is 42.5 Å². The maximum absolute atomic E-state index is 13.5. The van der Waals surface area contributed by atoms with Gasteiger partial charge in [0.05, 0.1) is 9.85 Å². The molecule has 41 heavy (non-hydrogen) atoms. The summed E-state index contributed by atoms with van der Waals surface area (Å²) >= 11 is 0. The van der Waals surface area contributed by atoms with Gasteiger partial charge in [0, 0.05) is 47.4 Å². The van der Waals surface area contributed by atoms with Crippen molar-refractivity contribution in [3.63, 3.8) is 0 Å². The van der Waals surface area contributed by atoms with Crippen molar-refractivity contribution in [1.82, 2.24) is 4.90 Å². The Hall–Kier alpha value is -4.95. The molecule has 0 unspecified atom stereocenters. The smallest absolute Gasteiger partial charge is 0.269 e. The number of likely N-dealkylation sites (tertiary alicyclic amines) is 1. The van der Waals surface area contributed by atoms with Crippen molar-refractivity contribution in [2.75, 3.05) is 13.1 Å². The lowest BCUT2D eigenvalue weighted by atomic mass is 9.54. The number of carbonyl (C=O) groups excluding carboxylic acids is 1. The molecule has 0 bridgehead atoms. The van der Waals surface area contributed by atoms with Gasteiger partial charge in [-0.3, -0.25) is 29.9 Å². The number of hydrogen-bond acceptors (Lipinski definition) is 6. The lowest BCUT2D eigenvalue weighted by Crippen LogP contribution is -2.51. The zero-order chi connectivity index (χ0) is 28.6. The van der Waals surface area contributed by atoms with Crippen LogP contribution in [0.2, 0.25) is 0 Å². The molecule has 1 aliphatic carbocycles. The van der Waals surface area contributed by atoms with Crippen LogP contribution in [0.15, 0.2) is 102 Å². The molecule has 1 saturated heterocycles. The molecule has 4 aromatic carbocycles. The number of nitrogens with zero attached hydrogens (tertiary/aromatic N) is 3. The first-order valence-electron chi connectivity index (χ1n) is 13.5. The molecule has 0 radical (unpaired) electrons. The summed E-state index contributed by atoms with van der Waals surface area (Å²) in [4.78, 5) is 37.3. The molecule has 2 aliphatic rings. The SMILES string of the molecule is O=C1/C(=C/c2ccc([N+](=O)[O-])cc2)C2(CCN(Cc3cccc4ccccc34)CC2)/C1=C\c1ccc([N+](=O)[O-])cc1. The van der Waals surface area contributed by atoms with Gasteiger partial charge in [-0.05, 0) is 89.8 Å². The van der Waals surface area contributed by atoms with Crippen LogP contribution in [-0.2, 0) is 11.3 Å². The molecular weight excluding hydrogens is 518 g/mol. The quantitative estimate of drug-likeness (QED) is 0.147. The van der Waals surface area contributed by atoms with Crippen LogP contribution in [-0.4, -0.2) is 33.6 Å². The van der Waals surface area contributed by atoms with Crippen molar-refractivity contribution < 1.29 is 14.6 Å². The van der Waals surface area contributed by atoms with Crippen LogP contribution in [0.25, 0.3) is 22.9 Å². The van der Waals surface area contributed by atoms with Gasteiger partial charge in [0.25, 0.3) is 11.4 Å². The summed E-state index contributed by atoms with van der Waals surface area (Å²) in [6, 6.07) is 27.2. The van der Waals surface area contributed by atoms with Crippen molar-refractivity contribution >= 4 is 40.1 Å². The Bertz CT molecular complexity index is 1650. The van der Waals surface area contributed by atoms with E-state index in [2.05, 4.69) is 41.3 Å². The van der Waals surface area contributed by atoms with Gasteiger partial charge in [0.1, 0.15) is 0 Å². The first-order valence-corrected chi connectivity index (χ1v) is 13.5. The maximum atomic E-state index is 13.5. The summed E-state index contributed by atoms with van der Waals surface area (Å²) in [6.45, 7) is 2.41. The highest BCUT2D eigenvalue weighted by atomic mass is 16.6. The fourth-order valence-corrected chi connectivity index (χ4v) is 6.09. The van der Waals surface area contributed by atoms with Crippen LogP contribution in [0.4, 0.5) is 11.4 Å². The average Bonchev–Trinajstić information content (AvgIpc) is 3.00. The Morgan fingerprint density at radius 3 is 1.76 bits per heavy atom. The highest BCUT2D eigenvalue weighted by Crippen LogP contribution is 2.56. The zero-order valence-electron chi connectivity index (χ0n) is 22.2. The minimum absolute atomic E-state index is 0.00213. The molecule has 0 amide bonds. The van der Waals surface area contributed by atoms with Crippen LogP contribution in [0.5, 0.6) is 0 Å². The molecular formula is C33H27N3O5. The Morgan fingerprint density at radius 2 is 1.22 bits per heavy atom. The van der Waals surface area contributed by atoms with Gasteiger partial charge in [-0.15, -0.1) is 0 Å². The van der Waals surface area contributed by atoms with Crippen LogP contribution in [0.1, 0.15) is 29.5 Å². The van der Waals surface area contributed by atoms with Gasteiger partial charge in [-0.25, -0.2) is 0 Å². The number of ketones is 1.